The predicted octanol–water partition coefficient (Wildman–Crippen LogP) is 3.31. The van der Waals surface area contributed by atoms with Crippen LogP contribution in [-0.2, 0) is 28.8 Å². The van der Waals surface area contributed by atoms with E-state index >= 15 is 0 Å². The number of rotatable bonds is 8. The van der Waals surface area contributed by atoms with Gasteiger partial charge in [-0.15, -0.1) is 5.10 Å². The van der Waals surface area contributed by atoms with Crippen molar-refractivity contribution < 1.29 is 27.8 Å². The molecule has 0 bridgehead atoms. The molecule has 0 radical (unpaired) electrons. The molecule has 1 aromatic heterocycles. The second kappa shape index (κ2) is 9.69. The van der Waals surface area contributed by atoms with Crippen molar-refractivity contribution in [2.24, 2.45) is 0 Å². The molecule has 2 heterocycles. The fourth-order valence-corrected chi connectivity index (χ4v) is 3.02. The van der Waals surface area contributed by atoms with Gasteiger partial charge in [-0.05, 0) is 49.5 Å². The highest BCUT2D eigenvalue weighted by Gasteiger charge is 2.34. The van der Waals surface area contributed by atoms with E-state index in [1.54, 1.807) is 6.92 Å². The van der Waals surface area contributed by atoms with Crippen LogP contribution in [0.4, 0.5) is 13.2 Å². The van der Waals surface area contributed by atoms with Crippen LogP contribution in [0, 0.1) is 0 Å². The molecular weight excluding hydrogens is 401 g/mol. The number of hydrogen-bond donors (Lipinski definition) is 2. The number of aromatic nitrogens is 3. The zero-order valence-corrected chi connectivity index (χ0v) is 16.7. The fourth-order valence-electron chi connectivity index (χ4n) is 3.02. The van der Waals surface area contributed by atoms with Crippen LogP contribution >= 0.6 is 0 Å². The number of alkyl halides is 3. The Morgan fingerprint density at radius 1 is 1.43 bits per heavy atom. The maximum atomic E-state index is 13.6. The zero-order valence-electron chi connectivity index (χ0n) is 16.7. The first-order valence-corrected chi connectivity index (χ1v) is 9.66. The van der Waals surface area contributed by atoms with Crippen molar-refractivity contribution in [3.05, 3.63) is 53.4 Å². The first-order chi connectivity index (χ1) is 14.2. The first-order valence-electron chi connectivity index (χ1n) is 9.66. The minimum Gasteiger partial charge on any atom is -0.375 e. The van der Waals surface area contributed by atoms with Crippen LogP contribution in [0.25, 0.3) is 5.69 Å². The van der Waals surface area contributed by atoms with Crippen LogP contribution in [0.2, 0.25) is 0 Å². The highest BCUT2D eigenvalue weighted by atomic mass is 19.4. The fraction of sp³-hybridized carbons (Fsp3) is 0.500. The van der Waals surface area contributed by atoms with E-state index in [1.165, 1.54) is 23.0 Å². The Morgan fingerprint density at radius 3 is 2.90 bits per heavy atom. The monoisotopic (exact) mass is 426 g/mol. The Labute approximate surface area is 172 Å². The summed E-state index contributed by atoms with van der Waals surface area (Å²) in [5, 5.41) is 20.2. The van der Waals surface area contributed by atoms with Crippen molar-refractivity contribution in [2.75, 3.05) is 6.61 Å². The normalized spacial score (nSPS) is 18.4. The molecule has 0 saturated carbocycles. The highest BCUT2D eigenvalue weighted by Crippen LogP contribution is 2.33. The van der Waals surface area contributed by atoms with Gasteiger partial charge in [0.25, 0.3) is 0 Å². The van der Waals surface area contributed by atoms with Crippen molar-refractivity contribution in [2.45, 2.75) is 58.0 Å². The number of aliphatic hydroxyl groups is 1. The molecule has 164 valence electrons. The average molecular weight is 426 g/mol. The van der Waals surface area contributed by atoms with Crippen LogP contribution in [0.5, 0.6) is 0 Å². The number of benzene rings is 1. The van der Waals surface area contributed by atoms with Gasteiger partial charge in [0.15, 0.2) is 6.29 Å². The number of halogens is 3. The van der Waals surface area contributed by atoms with E-state index in [4.69, 9.17) is 9.47 Å². The number of ether oxygens (including phenoxy) is 2. The molecule has 7 nitrogen and oxygen atoms in total. The van der Waals surface area contributed by atoms with Crippen LogP contribution in [0.1, 0.15) is 43.0 Å². The summed E-state index contributed by atoms with van der Waals surface area (Å²) in [4.78, 5) is 0. The summed E-state index contributed by atoms with van der Waals surface area (Å²) in [7, 11) is 0. The lowest BCUT2D eigenvalue weighted by Crippen LogP contribution is -2.29. The third kappa shape index (κ3) is 5.88. The number of nitrogens with zero attached hydrogens (tertiary/aromatic N) is 3. The summed E-state index contributed by atoms with van der Waals surface area (Å²) in [5.41, 5.74) is 0.318. The van der Waals surface area contributed by atoms with Gasteiger partial charge in [0.1, 0.15) is 11.9 Å². The Hall–Kier alpha value is -2.27. The number of hydrogen-bond acceptors (Lipinski definition) is 6. The standard InChI is InChI=1S/C20H25F3N4O3/c1-13(2)19(28)24-10-14-6-7-16(9-17(14)20(21,22)23)27-11-15(25-26-27)12-30-18-5-3-4-8-29-18/h6-7,9,11,18-19,24,28H,1,3-5,8,10,12H2,2H3. The van der Waals surface area contributed by atoms with Gasteiger partial charge in [0.05, 0.1) is 24.1 Å². The van der Waals surface area contributed by atoms with Crippen molar-refractivity contribution in [1.82, 2.24) is 20.3 Å². The summed E-state index contributed by atoms with van der Waals surface area (Å²) in [6, 6.07) is 3.88. The van der Waals surface area contributed by atoms with Crippen LogP contribution < -0.4 is 5.32 Å². The zero-order chi connectivity index (χ0) is 21.7. The summed E-state index contributed by atoms with van der Waals surface area (Å²) in [6.07, 6.45) is -1.57. The van der Waals surface area contributed by atoms with E-state index in [0.717, 1.165) is 25.3 Å². The van der Waals surface area contributed by atoms with E-state index < -0.39 is 18.0 Å². The van der Waals surface area contributed by atoms with Gasteiger partial charge >= 0.3 is 6.18 Å². The SMILES string of the molecule is C=C(C)C(O)NCc1ccc(-n2cc(COC3CCCCO3)nn2)cc1C(F)(F)F. The second-order valence-electron chi connectivity index (χ2n) is 7.23. The Kier molecular flexibility index (Phi) is 7.24. The molecule has 0 spiro atoms. The quantitative estimate of drug-likeness (QED) is 0.498. The van der Waals surface area contributed by atoms with Gasteiger partial charge in [-0.3, -0.25) is 5.32 Å². The molecule has 2 aromatic rings. The lowest BCUT2D eigenvalue weighted by molar-refractivity contribution is -0.169. The average Bonchev–Trinajstić information content (AvgIpc) is 3.19. The molecule has 0 amide bonds. The smallest absolute Gasteiger partial charge is 0.375 e. The van der Waals surface area contributed by atoms with Gasteiger partial charge < -0.3 is 14.6 Å². The van der Waals surface area contributed by atoms with Gasteiger partial charge in [-0.1, -0.05) is 17.9 Å². The van der Waals surface area contributed by atoms with E-state index in [1.807, 2.05) is 0 Å². The van der Waals surface area contributed by atoms with E-state index in [0.29, 0.717) is 17.9 Å². The van der Waals surface area contributed by atoms with Crippen molar-refractivity contribution in [3.8, 4) is 5.69 Å². The maximum Gasteiger partial charge on any atom is 0.416 e. The van der Waals surface area contributed by atoms with Crippen LogP contribution in [0.15, 0.2) is 36.5 Å². The number of nitrogens with one attached hydrogen (secondary N) is 1. The molecule has 10 heteroatoms. The second-order valence-corrected chi connectivity index (χ2v) is 7.23. The third-order valence-corrected chi connectivity index (χ3v) is 4.71. The molecule has 1 saturated heterocycles. The number of aliphatic hydroxyl groups excluding tert-OH is 1. The predicted molar refractivity (Wildman–Crippen MR) is 102 cm³/mol. The molecule has 1 aliphatic rings. The lowest BCUT2D eigenvalue weighted by Gasteiger charge is -2.22. The van der Waals surface area contributed by atoms with Crippen molar-refractivity contribution in [1.29, 1.82) is 0 Å². The summed E-state index contributed by atoms with van der Waals surface area (Å²) in [6.45, 7) is 5.80. The van der Waals surface area contributed by atoms with Crippen LogP contribution in [0.3, 0.4) is 0 Å². The van der Waals surface area contributed by atoms with Gasteiger partial charge in [-0.2, -0.15) is 13.2 Å². The molecule has 1 aromatic carbocycles. The molecule has 1 fully saturated rings. The minimum absolute atomic E-state index is 0.00432. The van der Waals surface area contributed by atoms with Crippen LogP contribution in [-0.4, -0.2) is 39.2 Å². The van der Waals surface area contributed by atoms with Crippen molar-refractivity contribution in [3.63, 3.8) is 0 Å². The largest absolute Gasteiger partial charge is 0.416 e. The summed E-state index contributed by atoms with van der Waals surface area (Å²) in [5.74, 6) is 0. The van der Waals surface area contributed by atoms with E-state index in [2.05, 4.69) is 22.2 Å². The van der Waals surface area contributed by atoms with Crippen molar-refractivity contribution >= 4 is 0 Å². The molecule has 1 aliphatic heterocycles. The van der Waals surface area contributed by atoms with Gasteiger partial charge in [-0.25, -0.2) is 4.68 Å². The Morgan fingerprint density at radius 2 is 2.23 bits per heavy atom. The Balaban J connectivity index is 1.72. The molecule has 30 heavy (non-hydrogen) atoms. The summed E-state index contributed by atoms with van der Waals surface area (Å²) >= 11 is 0. The molecule has 0 aliphatic carbocycles. The van der Waals surface area contributed by atoms with E-state index in [9.17, 15) is 18.3 Å². The van der Waals surface area contributed by atoms with Gasteiger partial charge in [0, 0.05) is 13.2 Å². The van der Waals surface area contributed by atoms with Gasteiger partial charge in [0.2, 0.25) is 0 Å². The topological polar surface area (TPSA) is 81.4 Å². The Bertz CT molecular complexity index is 863. The lowest BCUT2D eigenvalue weighted by atomic mass is 10.1. The first kappa shape index (κ1) is 22.4. The minimum atomic E-state index is -4.56. The third-order valence-electron chi connectivity index (χ3n) is 4.71. The molecule has 3 rings (SSSR count). The molecular formula is C20H25F3N4O3. The maximum absolute atomic E-state index is 13.6. The molecule has 2 atom stereocenters. The van der Waals surface area contributed by atoms with E-state index in [-0.39, 0.29) is 30.7 Å². The molecule has 2 unspecified atom stereocenters. The summed E-state index contributed by atoms with van der Waals surface area (Å²) < 4.78 is 53.1. The molecule has 2 N–H and O–H groups in total. The highest BCUT2D eigenvalue weighted by molar-refractivity contribution is 5.41.